The second kappa shape index (κ2) is 6.63. The molecule has 1 nitrogen and oxygen atoms in total. The van der Waals surface area contributed by atoms with Crippen LogP contribution in [-0.2, 0) is 0 Å². The van der Waals surface area contributed by atoms with Crippen LogP contribution in [0.2, 0.25) is 0 Å². The Kier molecular flexibility index (Phi) is 5.13. The Balaban J connectivity index is 2.12. The lowest BCUT2D eigenvalue weighted by Gasteiger charge is -2.39. The Morgan fingerprint density at radius 3 is 2.53 bits per heavy atom. The van der Waals surface area contributed by atoms with Crippen LogP contribution >= 0.6 is 12.2 Å². The molecule has 2 aliphatic rings. The summed E-state index contributed by atoms with van der Waals surface area (Å²) in [5, 5.41) is 2.66. The predicted molar refractivity (Wildman–Crippen MR) is 85.6 cm³/mol. The maximum absolute atomic E-state index is 4.91. The van der Waals surface area contributed by atoms with Gasteiger partial charge in [0.1, 0.15) is 0 Å². The first kappa shape index (κ1) is 14.7. The average molecular weight is 275 g/mol. The number of hydrogen-bond donors (Lipinski definition) is 0. The summed E-state index contributed by atoms with van der Waals surface area (Å²) in [6.45, 7) is 4.52. The van der Waals surface area contributed by atoms with E-state index in [0.717, 1.165) is 18.8 Å². The fourth-order valence-electron chi connectivity index (χ4n) is 3.58. The lowest BCUT2D eigenvalue weighted by Crippen LogP contribution is -2.37. The summed E-state index contributed by atoms with van der Waals surface area (Å²) in [6.07, 6.45) is 15.6. The van der Waals surface area contributed by atoms with Crippen LogP contribution in [0, 0.1) is 11.8 Å². The second-order valence-electron chi connectivity index (χ2n) is 5.99. The van der Waals surface area contributed by atoms with Crippen molar-refractivity contribution >= 4 is 17.4 Å². The van der Waals surface area contributed by atoms with Gasteiger partial charge >= 0.3 is 0 Å². The minimum atomic E-state index is -0.0842. The third-order valence-corrected chi connectivity index (χ3v) is 5.16. The van der Waals surface area contributed by atoms with E-state index in [2.05, 4.69) is 42.2 Å². The molecule has 0 N–H and O–H groups in total. The van der Waals surface area contributed by atoms with Gasteiger partial charge in [0.15, 0.2) is 0 Å². The molecular weight excluding hydrogens is 250 g/mol. The molecule has 1 unspecified atom stereocenters. The maximum Gasteiger partial charge on any atom is 0.0956 e. The molecule has 0 aromatic rings. The number of aliphatic imine (C=N–C) groups is 1. The Hall–Kier alpha value is -0.720. The molecular formula is C17H25NS. The molecule has 0 radical (unpaired) electrons. The first-order chi connectivity index (χ1) is 9.24. The van der Waals surface area contributed by atoms with Crippen LogP contribution in [0.15, 0.2) is 28.8 Å². The smallest absolute Gasteiger partial charge is 0.0956 e. The third-order valence-electron chi connectivity index (χ3n) is 5.07. The number of rotatable bonds is 4. The Morgan fingerprint density at radius 2 is 2.05 bits per heavy atom. The minimum Gasteiger partial charge on any atom is -0.221 e. The highest BCUT2D eigenvalue weighted by atomic mass is 32.1. The molecule has 104 valence electrons. The zero-order valence-corrected chi connectivity index (χ0v) is 13.0. The van der Waals surface area contributed by atoms with Crippen LogP contribution in [0.1, 0.15) is 58.8 Å². The molecule has 0 amide bonds. The van der Waals surface area contributed by atoms with Crippen LogP contribution in [-0.4, -0.2) is 10.7 Å². The Morgan fingerprint density at radius 1 is 1.32 bits per heavy atom. The van der Waals surface area contributed by atoms with Crippen molar-refractivity contribution in [1.29, 1.82) is 0 Å². The predicted octanol–water partition coefficient (Wildman–Crippen LogP) is 5.34. The highest BCUT2D eigenvalue weighted by Crippen LogP contribution is 2.43. The van der Waals surface area contributed by atoms with Gasteiger partial charge in [-0.25, -0.2) is 4.99 Å². The highest BCUT2D eigenvalue weighted by Gasteiger charge is 2.38. The van der Waals surface area contributed by atoms with Crippen molar-refractivity contribution in [3.63, 3.8) is 0 Å². The van der Waals surface area contributed by atoms with Crippen molar-refractivity contribution in [2.75, 3.05) is 0 Å². The largest absolute Gasteiger partial charge is 0.221 e. The first-order valence-electron chi connectivity index (χ1n) is 7.71. The molecule has 2 rings (SSSR count). The normalized spacial score (nSPS) is 34.5. The summed E-state index contributed by atoms with van der Waals surface area (Å²) >= 11 is 4.91. The van der Waals surface area contributed by atoms with Crippen LogP contribution in [0.3, 0.4) is 0 Å². The van der Waals surface area contributed by atoms with E-state index in [1.54, 1.807) is 0 Å². The van der Waals surface area contributed by atoms with Gasteiger partial charge in [0, 0.05) is 0 Å². The topological polar surface area (TPSA) is 12.4 Å². The van der Waals surface area contributed by atoms with Gasteiger partial charge < -0.3 is 0 Å². The van der Waals surface area contributed by atoms with Crippen molar-refractivity contribution in [2.24, 2.45) is 16.8 Å². The van der Waals surface area contributed by atoms with Gasteiger partial charge in [-0.05, 0) is 49.7 Å². The SMILES string of the molecule is CCC1=CCC(N=C=S)(C2CCC(CC)CC2)C=C1. The molecule has 19 heavy (non-hydrogen) atoms. The van der Waals surface area contributed by atoms with Crippen molar-refractivity contribution in [2.45, 2.75) is 64.3 Å². The van der Waals surface area contributed by atoms with Gasteiger partial charge in [-0.2, -0.15) is 0 Å². The summed E-state index contributed by atoms with van der Waals surface area (Å²) in [5.41, 5.74) is 1.34. The van der Waals surface area contributed by atoms with E-state index in [9.17, 15) is 0 Å². The molecule has 0 saturated heterocycles. The molecule has 1 fully saturated rings. The molecule has 2 aliphatic carbocycles. The molecule has 0 aromatic carbocycles. The molecule has 0 spiro atoms. The van der Waals surface area contributed by atoms with Crippen molar-refractivity contribution in [3.05, 3.63) is 23.8 Å². The summed E-state index contributed by atoms with van der Waals surface area (Å²) in [5.74, 6) is 1.58. The first-order valence-corrected chi connectivity index (χ1v) is 8.12. The standard InChI is InChI=1S/C17H25NS/c1-3-14-5-7-16(8-6-14)17(18-13-19)11-9-15(4-2)10-12-17/h9-11,14,16H,3-8,12H2,1-2H3. The van der Waals surface area contributed by atoms with E-state index >= 15 is 0 Å². The van der Waals surface area contributed by atoms with Crippen LogP contribution < -0.4 is 0 Å². The summed E-state index contributed by atoms with van der Waals surface area (Å²) in [7, 11) is 0. The monoisotopic (exact) mass is 275 g/mol. The van der Waals surface area contributed by atoms with Crippen LogP contribution in [0.5, 0.6) is 0 Å². The average Bonchev–Trinajstić information content (AvgIpc) is 2.48. The van der Waals surface area contributed by atoms with E-state index < -0.39 is 0 Å². The van der Waals surface area contributed by atoms with Crippen molar-refractivity contribution in [3.8, 4) is 0 Å². The number of allylic oxidation sites excluding steroid dienone is 2. The third kappa shape index (κ3) is 3.24. The zero-order valence-electron chi connectivity index (χ0n) is 12.2. The fourth-order valence-corrected chi connectivity index (χ4v) is 3.75. The minimum absolute atomic E-state index is 0.0842. The molecule has 0 aromatic heterocycles. The highest BCUT2D eigenvalue weighted by molar-refractivity contribution is 7.78. The molecule has 2 heteroatoms. The van der Waals surface area contributed by atoms with E-state index in [-0.39, 0.29) is 5.54 Å². The number of thiocarbonyl (C=S) groups is 1. The lowest BCUT2D eigenvalue weighted by atomic mass is 9.68. The van der Waals surface area contributed by atoms with Gasteiger partial charge in [-0.3, -0.25) is 0 Å². The molecule has 1 atom stereocenters. The van der Waals surface area contributed by atoms with Gasteiger partial charge in [-0.1, -0.05) is 56.9 Å². The van der Waals surface area contributed by atoms with E-state index in [1.165, 1.54) is 37.7 Å². The molecule has 1 saturated carbocycles. The Labute approximate surface area is 122 Å². The molecule has 0 heterocycles. The summed E-state index contributed by atoms with van der Waals surface area (Å²) in [4.78, 5) is 4.59. The van der Waals surface area contributed by atoms with E-state index in [1.807, 2.05) is 0 Å². The lowest BCUT2D eigenvalue weighted by molar-refractivity contribution is 0.203. The van der Waals surface area contributed by atoms with Gasteiger partial charge in [0.05, 0.1) is 10.7 Å². The second-order valence-corrected chi connectivity index (χ2v) is 6.17. The van der Waals surface area contributed by atoms with E-state index in [4.69, 9.17) is 12.2 Å². The van der Waals surface area contributed by atoms with Crippen molar-refractivity contribution in [1.82, 2.24) is 0 Å². The van der Waals surface area contributed by atoms with Gasteiger partial charge in [0.2, 0.25) is 0 Å². The maximum atomic E-state index is 4.91. The van der Waals surface area contributed by atoms with Crippen LogP contribution in [0.25, 0.3) is 0 Å². The Bertz CT molecular complexity index is 409. The van der Waals surface area contributed by atoms with Crippen LogP contribution in [0.4, 0.5) is 0 Å². The van der Waals surface area contributed by atoms with Crippen molar-refractivity contribution < 1.29 is 0 Å². The van der Waals surface area contributed by atoms with E-state index in [0.29, 0.717) is 5.92 Å². The molecule has 0 bridgehead atoms. The van der Waals surface area contributed by atoms with Gasteiger partial charge in [0.25, 0.3) is 0 Å². The quantitative estimate of drug-likeness (QED) is 0.498. The van der Waals surface area contributed by atoms with Gasteiger partial charge in [-0.15, -0.1) is 0 Å². The zero-order chi connectivity index (χ0) is 13.7. The number of isothiocyanates is 1. The number of hydrogen-bond acceptors (Lipinski definition) is 2. The fraction of sp³-hybridized carbons (Fsp3) is 0.706. The number of nitrogens with zero attached hydrogens (tertiary/aromatic N) is 1. The summed E-state index contributed by atoms with van der Waals surface area (Å²) in [6, 6.07) is 0. The molecule has 0 aliphatic heterocycles. The summed E-state index contributed by atoms with van der Waals surface area (Å²) < 4.78 is 0.